The third kappa shape index (κ3) is 5.21. The first-order valence-corrected chi connectivity index (χ1v) is 7.52. The Morgan fingerprint density at radius 1 is 1.29 bits per heavy atom. The van der Waals surface area contributed by atoms with Gasteiger partial charge in [0.1, 0.15) is 0 Å². The molecular formula is C15H22BrNO4. The molecule has 1 rings (SSSR count). The Balaban J connectivity index is 2.96. The first kappa shape index (κ1) is 17.8. The molecule has 0 saturated heterocycles. The second-order valence-corrected chi connectivity index (χ2v) is 5.78. The third-order valence-corrected chi connectivity index (χ3v) is 3.42. The van der Waals surface area contributed by atoms with Gasteiger partial charge in [0.25, 0.3) is 0 Å². The van der Waals surface area contributed by atoms with Crippen molar-refractivity contribution in [2.45, 2.75) is 39.5 Å². The monoisotopic (exact) mass is 359 g/mol. The molecule has 0 aliphatic heterocycles. The van der Waals surface area contributed by atoms with Gasteiger partial charge in [0, 0.05) is 12.6 Å². The number of ether oxygens (including phenoxy) is 3. The maximum absolute atomic E-state index is 11.5. The first-order chi connectivity index (χ1) is 9.88. The Morgan fingerprint density at radius 3 is 2.48 bits per heavy atom. The second kappa shape index (κ2) is 8.24. The summed E-state index contributed by atoms with van der Waals surface area (Å²) in [6.07, 6.45) is -0.708. The summed E-state index contributed by atoms with van der Waals surface area (Å²) in [4.78, 5) is 11.5. The summed E-state index contributed by atoms with van der Waals surface area (Å²) in [5, 5.41) is 3.34. The van der Waals surface area contributed by atoms with Gasteiger partial charge in [-0.2, -0.15) is 0 Å². The highest BCUT2D eigenvalue weighted by atomic mass is 79.9. The molecule has 21 heavy (non-hydrogen) atoms. The molecule has 0 spiro atoms. The van der Waals surface area contributed by atoms with Crippen molar-refractivity contribution in [3.63, 3.8) is 0 Å². The van der Waals surface area contributed by atoms with Gasteiger partial charge in [0.05, 0.1) is 18.7 Å². The maximum Gasteiger partial charge on any atom is 0.346 e. The van der Waals surface area contributed by atoms with Gasteiger partial charge in [0.2, 0.25) is 0 Å². The molecule has 5 nitrogen and oxygen atoms in total. The fraction of sp³-hybridized carbons (Fsp3) is 0.533. The molecule has 0 aliphatic rings. The van der Waals surface area contributed by atoms with E-state index in [4.69, 9.17) is 9.47 Å². The van der Waals surface area contributed by atoms with Gasteiger partial charge in [0.15, 0.2) is 17.6 Å². The van der Waals surface area contributed by atoms with Crippen LogP contribution >= 0.6 is 15.9 Å². The van der Waals surface area contributed by atoms with Gasteiger partial charge in [-0.05, 0) is 40.5 Å². The van der Waals surface area contributed by atoms with E-state index in [1.807, 2.05) is 12.1 Å². The van der Waals surface area contributed by atoms with E-state index in [1.165, 1.54) is 7.11 Å². The van der Waals surface area contributed by atoms with Crippen molar-refractivity contribution in [3.8, 4) is 11.5 Å². The molecule has 0 aliphatic carbocycles. The number of hydrogen-bond donors (Lipinski definition) is 1. The molecule has 0 amide bonds. The summed E-state index contributed by atoms with van der Waals surface area (Å²) in [6.45, 7) is 6.52. The fourth-order valence-corrected chi connectivity index (χ4v) is 2.29. The number of carbonyl (C=O) groups excluding carboxylic acids is 1. The molecule has 1 aromatic carbocycles. The van der Waals surface area contributed by atoms with Crippen LogP contribution in [0, 0.1) is 0 Å². The smallest absolute Gasteiger partial charge is 0.346 e. The average Bonchev–Trinajstić information content (AvgIpc) is 2.46. The van der Waals surface area contributed by atoms with Gasteiger partial charge in [-0.1, -0.05) is 13.8 Å². The van der Waals surface area contributed by atoms with E-state index in [-0.39, 0.29) is 0 Å². The SMILES string of the molecule is COC(=O)C(C)Oc1c(Br)cc(CNC(C)C)cc1OC. The highest BCUT2D eigenvalue weighted by Gasteiger charge is 2.20. The van der Waals surface area contributed by atoms with Gasteiger partial charge in [-0.25, -0.2) is 4.79 Å². The molecule has 0 heterocycles. The lowest BCUT2D eigenvalue weighted by molar-refractivity contribution is -0.147. The van der Waals surface area contributed by atoms with E-state index in [1.54, 1.807) is 14.0 Å². The van der Waals surface area contributed by atoms with Crippen LogP contribution in [0.3, 0.4) is 0 Å². The Hall–Kier alpha value is -1.27. The van der Waals surface area contributed by atoms with Crippen LogP contribution in [-0.2, 0) is 16.1 Å². The summed E-state index contributed by atoms with van der Waals surface area (Å²) < 4.78 is 16.4. The van der Waals surface area contributed by atoms with Crippen LogP contribution < -0.4 is 14.8 Å². The zero-order chi connectivity index (χ0) is 16.0. The van der Waals surface area contributed by atoms with E-state index < -0.39 is 12.1 Å². The van der Waals surface area contributed by atoms with Crippen molar-refractivity contribution in [2.24, 2.45) is 0 Å². The van der Waals surface area contributed by atoms with E-state index >= 15 is 0 Å². The highest BCUT2D eigenvalue weighted by molar-refractivity contribution is 9.10. The van der Waals surface area contributed by atoms with Gasteiger partial charge in [-0.15, -0.1) is 0 Å². The number of esters is 1. The quantitative estimate of drug-likeness (QED) is 0.758. The van der Waals surface area contributed by atoms with Crippen molar-refractivity contribution < 1.29 is 19.0 Å². The Labute approximate surface area is 134 Å². The minimum absolute atomic E-state index is 0.394. The number of halogens is 1. The number of methoxy groups -OCH3 is 2. The molecule has 118 valence electrons. The number of carbonyl (C=O) groups is 1. The Bertz CT molecular complexity index is 491. The Kier molecular flexibility index (Phi) is 6.98. The van der Waals surface area contributed by atoms with E-state index in [0.29, 0.717) is 17.5 Å². The maximum atomic E-state index is 11.5. The topological polar surface area (TPSA) is 56.8 Å². The Morgan fingerprint density at radius 2 is 1.95 bits per heavy atom. The van der Waals surface area contributed by atoms with Crippen LogP contribution in [0.25, 0.3) is 0 Å². The minimum Gasteiger partial charge on any atom is -0.493 e. The summed E-state index contributed by atoms with van der Waals surface area (Å²) in [5.41, 5.74) is 1.06. The average molecular weight is 360 g/mol. The number of benzene rings is 1. The van der Waals surface area contributed by atoms with Crippen LogP contribution in [0.5, 0.6) is 11.5 Å². The largest absolute Gasteiger partial charge is 0.493 e. The molecule has 0 radical (unpaired) electrons. The third-order valence-electron chi connectivity index (χ3n) is 2.83. The lowest BCUT2D eigenvalue weighted by atomic mass is 10.2. The molecule has 1 unspecified atom stereocenters. The van der Waals surface area contributed by atoms with Crippen molar-refractivity contribution in [1.29, 1.82) is 0 Å². The van der Waals surface area contributed by atoms with Crippen molar-refractivity contribution >= 4 is 21.9 Å². The molecule has 0 aromatic heterocycles. The van der Waals surface area contributed by atoms with Crippen LogP contribution in [0.2, 0.25) is 0 Å². The van der Waals surface area contributed by atoms with Gasteiger partial charge in [-0.3, -0.25) is 0 Å². The van der Waals surface area contributed by atoms with Crippen LogP contribution in [0.15, 0.2) is 16.6 Å². The molecular weight excluding hydrogens is 338 g/mol. The molecule has 6 heteroatoms. The zero-order valence-corrected chi connectivity index (χ0v) is 14.6. The van der Waals surface area contributed by atoms with Gasteiger partial charge >= 0.3 is 5.97 Å². The van der Waals surface area contributed by atoms with E-state index in [2.05, 4.69) is 39.8 Å². The molecule has 1 aromatic rings. The van der Waals surface area contributed by atoms with Crippen LogP contribution in [0.1, 0.15) is 26.3 Å². The standard InChI is InChI=1S/C15H22BrNO4/c1-9(2)17-8-11-6-12(16)14(13(7-11)19-4)21-10(3)15(18)20-5/h6-7,9-10,17H,8H2,1-5H3. The highest BCUT2D eigenvalue weighted by Crippen LogP contribution is 2.37. The lowest BCUT2D eigenvalue weighted by Gasteiger charge is -2.18. The number of rotatable bonds is 7. The van der Waals surface area contributed by atoms with E-state index in [9.17, 15) is 4.79 Å². The van der Waals surface area contributed by atoms with E-state index in [0.717, 1.165) is 16.6 Å². The molecule has 1 N–H and O–H groups in total. The molecule has 0 fully saturated rings. The predicted octanol–water partition coefficient (Wildman–Crippen LogP) is 2.90. The number of nitrogens with one attached hydrogen (secondary N) is 1. The minimum atomic E-state index is -0.708. The van der Waals surface area contributed by atoms with Crippen molar-refractivity contribution in [1.82, 2.24) is 5.32 Å². The predicted molar refractivity (Wildman–Crippen MR) is 84.8 cm³/mol. The molecule has 0 saturated carbocycles. The van der Waals surface area contributed by atoms with Crippen molar-refractivity contribution in [3.05, 3.63) is 22.2 Å². The van der Waals surface area contributed by atoms with Gasteiger partial charge < -0.3 is 19.5 Å². The second-order valence-electron chi connectivity index (χ2n) is 4.93. The normalized spacial score (nSPS) is 12.1. The molecule has 0 bridgehead atoms. The lowest BCUT2D eigenvalue weighted by Crippen LogP contribution is -2.25. The van der Waals surface area contributed by atoms with Crippen LogP contribution in [-0.4, -0.2) is 32.3 Å². The fourth-order valence-electron chi connectivity index (χ4n) is 1.70. The molecule has 1 atom stereocenters. The summed E-state index contributed by atoms with van der Waals surface area (Å²) in [6, 6.07) is 4.22. The number of hydrogen-bond acceptors (Lipinski definition) is 5. The van der Waals surface area contributed by atoms with Crippen molar-refractivity contribution in [2.75, 3.05) is 14.2 Å². The summed E-state index contributed by atoms with van der Waals surface area (Å²) in [7, 11) is 2.90. The first-order valence-electron chi connectivity index (χ1n) is 6.73. The summed E-state index contributed by atoms with van der Waals surface area (Å²) in [5.74, 6) is 0.624. The van der Waals surface area contributed by atoms with Crippen LogP contribution in [0.4, 0.5) is 0 Å². The zero-order valence-electron chi connectivity index (χ0n) is 13.0. The summed E-state index contributed by atoms with van der Waals surface area (Å²) >= 11 is 3.46.